The molecule has 0 unspecified atom stereocenters. The largest absolute Gasteiger partial charge is 0.508 e. The molecule has 0 bridgehead atoms. The van der Waals surface area contributed by atoms with Crippen molar-refractivity contribution in [2.24, 2.45) is 5.41 Å². The van der Waals surface area contributed by atoms with Crippen molar-refractivity contribution in [1.82, 2.24) is 10.6 Å². The lowest BCUT2D eigenvalue weighted by Crippen LogP contribution is -2.47. The Morgan fingerprint density at radius 3 is 2.21 bits per heavy atom. The average molecular weight is 509 g/mol. The van der Waals surface area contributed by atoms with Crippen LogP contribution in [0.2, 0.25) is 0 Å². The number of likely N-dealkylation sites (N-methyl/N-ethyl adjacent to an activating group) is 1. The van der Waals surface area contributed by atoms with E-state index in [9.17, 15) is 29.1 Å². The molecule has 0 rings (SSSR count). The first-order valence-corrected chi connectivity index (χ1v) is 11.7. The van der Waals surface area contributed by atoms with E-state index in [4.69, 9.17) is 14.6 Å². The van der Waals surface area contributed by atoms with Crippen molar-refractivity contribution in [3.05, 3.63) is 0 Å². The number of ether oxygens (including phenoxy) is 2. The van der Waals surface area contributed by atoms with Crippen molar-refractivity contribution in [2.75, 3.05) is 53.1 Å². The standard InChI is InChI=1S/C21H37N3O9S/c1-14(25)34-10-9-22-16(26)7-8-23-19(30)18(29)21(2,3)13-32-20(31)33-15(11-17(27)28)12-24(4,5)6/h15,18,29H,7-13H2,1-6H3,(H2-,22,23,26,27,28,30)/p+1/t15-,18+/m1/s1. The van der Waals surface area contributed by atoms with Gasteiger partial charge in [-0.15, -0.1) is 0 Å². The molecule has 0 saturated carbocycles. The normalized spacial score (nSPS) is 13.4. The van der Waals surface area contributed by atoms with Gasteiger partial charge in [0.05, 0.1) is 27.6 Å². The number of rotatable bonds is 15. The van der Waals surface area contributed by atoms with Gasteiger partial charge in [0, 0.05) is 37.6 Å². The quantitative estimate of drug-likeness (QED) is 0.134. The van der Waals surface area contributed by atoms with Crippen molar-refractivity contribution in [2.45, 2.75) is 45.8 Å². The second-order valence-corrected chi connectivity index (χ2v) is 10.7. The molecule has 2 amide bonds. The number of nitrogens with one attached hydrogen (secondary N) is 2. The fourth-order valence-corrected chi connectivity index (χ4v) is 3.16. The van der Waals surface area contributed by atoms with Crippen LogP contribution in [0.1, 0.15) is 33.6 Å². The molecule has 4 N–H and O–H groups in total. The maximum Gasteiger partial charge on any atom is 0.508 e. The topological polar surface area (TPSA) is 168 Å². The van der Waals surface area contributed by atoms with Gasteiger partial charge in [0.25, 0.3) is 0 Å². The van der Waals surface area contributed by atoms with Gasteiger partial charge in [0.1, 0.15) is 19.3 Å². The van der Waals surface area contributed by atoms with Crippen LogP contribution in [0.25, 0.3) is 0 Å². The third-order valence-electron chi connectivity index (χ3n) is 4.35. The Labute approximate surface area is 204 Å². The maximum absolute atomic E-state index is 12.2. The molecule has 0 aromatic carbocycles. The predicted molar refractivity (Wildman–Crippen MR) is 125 cm³/mol. The molecule has 34 heavy (non-hydrogen) atoms. The van der Waals surface area contributed by atoms with E-state index in [2.05, 4.69) is 10.6 Å². The van der Waals surface area contributed by atoms with E-state index in [1.165, 1.54) is 20.8 Å². The van der Waals surface area contributed by atoms with E-state index < -0.39 is 35.7 Å². The molecule has 0 radical (unpaired) electrons. The molecule has 0 aliphatic heterocycles. The number of quaternary nitrogens is 1. The highest BCUT2D eigenvalue weighted by Gasteiger charge is 2.35. The minimum atomic E-state index is -1.55. The fourth-order valence-electron chi connectivity index (χ4n) is 2.67. The summed E-state index contributed by atoms with van der Waals surface area (Å²) in [6.45, 7) is 4.64. The van der Waals surface area contributed by atoms with Gasteiger partial charge in [-0.3, -0.25) is 19.2 Å². The molecule has 0 spiro atoms. The fraction of sp³-hybridized carbons (Fsp3) is 0.762. The average Bonchev–Trinajstić information content (AvgIpc) is 2.67. The Morgan fingerprint density at radius 1 is 1.06 bits per heavy atom. The summed E-state index contributed by atoms with van der Waals surface area (Å²) in [4.78, 5) is 57.9. The molecule has 0 aromatic rings. The van der Waals surface area contributed by atoms with Crippen LogP contribution in [-0.2, 0) is 28.7 Å². The number of aliphatic hydroxyl groups excluding tert-OH is 1. The summed E-state index contributed by atoms with van der Waals surface area (Å²) < 4.78 is 10.5. The van der Waals surface area contributed by atoms with Crippen molar-refractivity contribution in [1.29, 1.82) is 0 Å². The van der Waals surface area contributed by atoms with E-state index in [0.717, 1.165) is 11.8 Å². The summed E-state index contributed by atoms with van der Waals surface area (Å²) in [5, 5.41) is 24.4. The lowest BCUT2D eigenvalue weighted by Gasteiger charge is -2.30. The van der Waals surface area contributed by atoms with Crippen molar-refractivity contribution in [3.8, 4) is 0 Å². The SMILES string of the molecule is CC(=O)SCCNC(=O)CCNC(=O)[C@H](O)C(C)(C)COC(=O)O[C@H](CC(=O)O)C[N+](C)(C)C. The van der Waals surface area contributed by atoms with Gasteiger partial charge in [0.2, 0.25) is 11.8 Å². The summed E-state index contributed by atoms with van der Waals surface area (Å²) in [5.74, 6) is -1.72. The summed E-state index contributed by atoms with van der Waals surface area (Å²) in [6, 6.07) is 0. The number of hydrogen-bond acceptors (Lipinski definition) is 9. The molecule has 13 heteroatoms. The monoisotopic (exact) mass is 508 g/mol. The van der Waals surface area contributed by atoms with Gasteiger partial charge >= 0.3 is 12.1 Å². The highest BCUT2D eigenvalue weighted by Crippen LogP contribution is 2.22. The molecule has 12 nitrogen and oxygen atoms in total. The van der Waals surface area contributed by atoms with Crippen LogP contribution in [0.15, 0.2) is 0 Å². The smallest absolute Gasteiger partial charge is 0.481 e. The number of thioether (sulfide) groups is 1. The minimum absolute atomic E-state index is 0.0102. The summed E-state index contributed by atoms with van der Waals surface area (Å²) in [7, 11) is 5.46. The molecule has 0 aromatic heterocycles. The predicted octanol–water partition coefficient (Wildman–Crippen LogP) is -0.0216. The number of carbonyl (C=O) groups is 5. The molecule has 0 heterocycles. The number of carbonyl (C=O) groups excluding carboxylic acids is 4. The first-order valence-electron chi connectivity index (χ1n) is 10.7. The molecule has 2 atom stereocenters. The van der Waals surface area contributed by atoms with Gasteiger partial charge in [0.15, 0.2) is 11.2 Å². The van der Waals surface area contributed by atoms with E-state index in [1.54, 1.807) is 0 Å². The van der Waals surface area contributed by atoms with E-state index in [0.29, 0.717) is 16.8 Å². The van der Waals surface area contributed by atoms with E-state index in [1.807, 2.05) is 21.1 Å². The van der Waals surface area contributed by atoms with Gasteiger partial charge in [-0.25, -0.2) is 4.79 Å². The lowest BCUT2D eigenvalue weighted by molar-refractivity contribution is -0.873. The zero-order valence-corrected chi connectivity index (χ0v) is 21.5. The molecular weight excluding hydrogens is 470 g/mol. The van der Waals surface area contributed by atoms with Crippen LogP contribution in [0.4, 0.5) is 4.79 Å². The van der Waals surface area contributed by atoms with Crippen LogP contribution in [-0.4, -0.2) is 109 Å². The van der Waals surface area contributed by atoms with E-state index in [-0.39, 0.29) is 43.6 Å². The molecule has 196 valence electrons. The highest BCUT2D eigenvalue weighted by atomic mass is 32.2. The Morgan fingerprint density at radius 2 is 1.68 bits per heavy atom. The van der Waals surface area contributed by atoms with Crippen LogP contribution < -0.4 is 10.6 Å². The second-order valence-electron chi connectivity index (χ2n) is 9.47. The van der Waals surface area contributed by atoms with Crippen LogP contribution in [0.5, 0.6) is 0 Å². The molecule has 0 saturated heterocycles. The van der Waals surface area contributed by atoms with Gasteiger partial charge in [-0.1, -0.05) is 25.6 Å². The number of carboxylic acids is 1. The second kappa shape index (κ2) is 14.8. The van der Waals surface area contributed by atoms with Gasteiger partial charge in [-0.2, -0.15) is 0 Å². The number of aliphatic hydroxyl groups is 1. The molecule has 0 aliphatic rings. The van der Waals surface area contributed by atoms with Gasteiger partial charge < -0.3 is 34.8 Å². The summed E-state index contributed by atoms with van der Waals surface area (Å²) >= 11 is 1.09. The molecule has 0 fully saturated rings. The Balaban J connectivity index is 4.51. The first kappa shape index (κ1) is 31.6. The number of aliphatic carboxylic acids is 1. The number of nitrogens with zero attached hydrogens (tertiary/aromatic N) is 1. The lowest BCUT2D eigenvalue weighted by atomic mass is 9.87. The van der Waals surface area contributed by atoms with Gasteiger partial charge in [-0.05, 0) is 0 Å². The molecule has 0 aliphatic carbocycles. The van der Waals surface area contributed by atoms with E-state index >= 15 is 0 Å². The maximum atomic E-state index is 12.2. The Bertz CT molecular complexity index is 723. The van der Waals surface area contributed by atoms with Crippen molar-refractivity contribution >= 4 is 40.8 Å². The zero-order chi connectivity index (χ0) is 26.5. The third-order valence-corrected chi connectivity index (χ3v) is 5.16. The third kappa shape index (κ3) is 15.5. The van der Waals surface area contributed by atoms with Crippen molar-refractivity contribution < 1.29 is 48.1 Å². The number of carboxylic acid groups (broad SMARTS) is 1. The highest BCUT2D eigenvalue weighted by molar-refractivity contribution is 8.13. The van der Waals surface area contributed by atoms with Crippen LogP contribution in [0, 0.1) is 5.41 Å². The molecular formula is C21H38N3O9S+. The summed E-state index contributed by atoms with van der Waals surface area (Å²) in [6.07, 6.45) is -3.95. The first-order chi connectivity index (χ1) is 15.5. The Hall–Kier alpha value is -2.38. The minimum Gasteiger partial charge on any atom is -0.481 e. The number of amides is 2. The van der Waals surface area contributed by atoms with Crippen molar-refractivity contribution in [3.63, 3.8) is 0 Å². The van der Waals surface area contributed by atoms with Crippen LogP contribution in [0.3, 0.4) is 0 Å². The summed E-state index contributed by atoms with van der Waals surface area (Å²) in [5.41, 5.74) is -1.18. The number of hydrogen-bond donors (Lipinski definition) is 4. The Kier molecular flexibility index (Phi) is 13.8. The van der Waals surface area contributed by atoms with Crippen LogP contribution >= 0.6 is 11.8 Å². The zero-order valence-electron chi connectivity index (χ0n) is 20.7.